The number of benzene rings is 1. The van der Waals surface area contributed by atoms with Crippen LogP contribution in [0.3, 0.4) is 0 Å². The van der Waals surface area contributed by atoms with E-state index in [0.717, 1.165) is 19.3 Å². The molecule has 1 aliphatic heterocycles. The summed E-state index contributed by atoms with van der Waals surface area (Å²) in [5, 5.41) is 8.82. The van der Waals surface area contributed by atoms with Gasteiger partial charge in [0.05, 0.1) is 16.5 Å². The highest BCUT2D eigenvalue weighted by atomic mass is 32.2. The second-order valence-corrected chi connectivity index (χ2v) is 7.00. The lowest BCUT2D eigenvalue weighted by atomic mass is 10.2. The van der Waals surface area contributed by atoms with Crippen LogP contribution in [0.25, 0.3) is 0 Å². The van der Waals surface area contributed by atoms with Gasteiger partial charge in [0.15, 0.2) is 0 Å². The molecule has 2 rings (SSSR count). The number of likely N-dealkylation sites (tertiary alicyclic amines) is 1. The monoisotopic (exact) mass is 321 g/mol. The van der Waals surface area contributed by atoms with Gasteiger partial charge in [0.1, 0.15) is 0 Å². The summed E-state index contributed by atoms with van der Waals surface area (Å²) in [5.74, 6) is 0.0863. The van der Waals surface area contributed by atoms with Crippen molar-refractivity contribution in [3.63, 3.8) is 0 Å². The zero-order chi connectivity index (χ0) is 16.0. The van der Waals surface area contributed by atoms with Gasteiger partial charge in [-0.1, -0.05) is 12.5 Å². The van der Waals surface area contributed by atoms with Crippen molar-refractivity contribution in [2.45, 2.75) is 30.6 Å². The van der Waals surface area contributed by atoms with Crippen LogP contribution in [0.1, 0.15) is 31.2 Å². The smallest absolute Gasteiger partial charge is 0.240 e. The number of sulfonamides is 1. The SMILES string of the molecule is N#Cc1cccc(S(=O)(=O)NCCN2CCCCCC2=O)c1. The van der Waals surface area contributed by atoms with Gasteiger partial charge < -0.3 is 4.90 Å². The predicted octanol–water partition coefficient (Wildman–Crippen LogP) is 1.24. The molecule has 0 aromatic heterocycles. The van der Waals surface area contributed by atoms with Crippen LogP contribution in [-0.4, -0.2) is 38.9 Å². The predicted molar refractivity (Wildman–Crippen MR) is 81.4 cm³/mol. The molecule has 1 aliphatic rings. The first-order chi connectivity index (χ1) is 10.5. The van der Waals surface area contributed by atoms with E-state index in [-0.39, 0.29) is 17.3 Å². The Labute approximate surface area is 130 Å². The summed E-state index contributed by atoms with van der Waals surface area (Å²) >= 11 is 0. The van der Waals surface area contributed by atoms with Crippen molar-refractivity contribution in [1.29, 1.82) is 5.26 Å². The van der Waals surface area contributed by atoms with E-state index in [0.29, 0.717) is 25.1 Å². The van der Waals surface area contributed by atoms with Gasteiger partial charge >= 0.3 is 0 Å². The van der Waals surface area contributed by atoms with E-state index in [1.807, 2.05) is 6.07 Å². The van der Waals surface area contributed by atoms with Gasteiger partial charge in [-0.2, -0.15) is 5.26 Å². The summed E-state index contributed by atoms with van der Waals surface area (Å²) in [5.41, 5.74) is 0.297. The molecule has 0 atom stereocenters. The van der Waals surface area contributed by atoms with Gasteiger partial charge in [0, 0.05) is 26.1 Å². The van der Waals surface area contributed by atoms with Crippen molar-refractivity contribution < 1.29 is 13.2 Å². The first-order valence-corrected chi connectivity index (χ1v) is 8.79. The van der Waals surface area contributed by atoms with Crippen LogP contribution in [0.2, 0.25) is 0 Å². The minimum absolute atomic E-state index is 0.0637. The fourth-order valence-corrected chi connectivity index (χ4v) is 3.47. The molecular weight excluding hydrogens is 302 g/mol. The van der Waals surface area contributed by atoms with Crippen molar-refractivity contribution in [3.05, 3.63) is 29.8 Å². The van der Waals surface area contributed by atoms with Crippen LogP contribution in [-0.2, 0) is 14.8 Å². The molecule has 1 heterocycles. The maximum atomic E-state index is 12.2. The van der Waals surface area contributed by atoms with E-state index < -0.39 is 10.0 Å². The van der Waals surface area contributed by atoms with E-state index in [2.05, 4.69) is 4.72 Å². The number of rotatable bonds is 5. The van der Waals surface area contributed by atoms with Crippen molar-refractivity contribution in [2.24, 2.45) is 0 Å². The Morgan fingerprint density at radius 1 is 1.27 bits per heavy atom. The van der Waals surface area contributed by atoms with Crippen LogP contribution in [0.4, 0.5) is 0 Å². The third kappa shape index (κ3) is 4.29. The number of nitrogens with one attached hydrogen (secondary N) is 1. The highest BCUT2D eigenvalue weighted by molar-refractivity contribution is 7.89. The number of carbonyl (C=O) groups is 1. The molecule has 0 saturated carbocycles. The molecule has 0 aliphatic carbocycles. The lowest BCUT2D eigenvalue weighted by Gasteiger charge is -2.20. The molecule has 0 radical (unpaired) electrons. The summed E-state index contributed by atoms with van der Waals surface area (Å²) in [6.45, 7) is 1.23. The average Bonchev–Trinajstić information content (AvgIpc) is 2.72. The number of hydrogen-bond acceptors (Lipinski definition) is 4. The fraction of sp³-hybridized carbons (Fsp3) is 0.467. The van der Waals surface area contributed by atoms with E-state index in [9.17, 15) is 13.2 Å². The average molecular weight is 321 g/mol. The van der Waals surface area contributed by atoms with E-state index in [1.165, 1.54) is 18.2 Å². The molecular formula is C15H19N3O3S. The molecule has 0 spiro atoms. The number of nitriles is 1. The molecule has 7 heteroatoms. The number of hydrogen-bond donors (Lipinski definition) is 1. The molecule has 0 unspecified atom stereocenters. The second-order valence-electron chi connectivity index (χ2n) is 5.23. The minimum atomic E-state index is -3.66. The largest absolute Gasteiger partial charge is 0.341 e. The van der Waals surface area contributed by atoms with Gasteiger partial charge in [0.2, 0.25) is 15.9 Å². The first kappa shape index (κ1) is 16.5. The molecule has 1 amide bonds. The lowest BCUT2D eigenvalue weighted by Crippen LogP contribution is -2.38. The summed E-state index contributed by atoms with van der Waals surface area (Å²) in [4.78, 5) is 13.6. The third-order valence-corrected chi connectivity index (χ3v) is 5.08. The topological polar surface area (TPSA) is 90.3 Å². The zero-order valence-corrected chi connectivity index (χ0v) is 13.1. The Balaban J connectivity index is 1.95. The van der Waals surface area contributed by atoms with E-state index in [1.54, 1.807) is 11.0 Å². The Morgan fingerprint density at radius 2 is 2.09 bits per heavy atom. The maximum absolute atomic E-state index is 12.2. The molecule has 1 aromatic rings. The van der Waals surface area contributed by atoms with Crippen molar-refractivity contribution >= 4 is 15.9 Å². The molecule has 1 fully saturated rings. The van der Waals surface area contributed by atoms with Crippen LogP contribution in [0, 0.1) is 11.3 Å². The molecule has 0 bridgehead atoms. The van der Waals surface area contributed by atoms with Gasteiger partial charge in [0.25, 0.3) is 0 Å². The summed E-state index contributed by atoms with van der Waals surface area (Å²) in [7, 11) is -3.66. The Morgan fingerprint density at radius 3 is 2.86 bits per heavy atom. The van der Waals surface area contributed by atoms with Crippen LogP contribution in [0.15, 0.2) is 29.2 Å². The summed E-state index contributed by atoms with van der Waals surface area (Å²) < 4.78 is 26.8. The highest BCUT2D eigenvalue weighted by Gasteiger charge is 2.18. The van der Waals surface area contributed by atoms with Crippen LogP contribution >= 0.6 is 0 Å². The molecule has 1 aromatic carbocycles. The van der Waals surface area contributed by atoms with Gasteiger partial charge in [-0.3, -0.25) is 4.79 Å². The standard InChI is InChI=1S/C15H19N3O3S/c16-12-13-5-4-6-14(11-13)22(20,21)17-8-10-18-9-3-1-2-7-15(18)19/h4-6,11,17H,1-3,7-10H2. The van der Waals surface area contributed by atoms with Gasteiger partial charge in [-0.15, -0.1) is 0 Å². The number of carbonyl (C=O) groups excluding carboxylic acids is 1. The molecule has 1 saturated heterocycles. The summed E-state index contributed by atoms with van der Waals surface area (Å²) in [6, 6.07) is 7.78. The Hall–Kier alpha value is -1.91. The maximum Gasteiger partial charge on any atom is 0.240 e. The number of amides is 1. The Bertz CT molecular complexity index is 680. The van der Waals surface area contributed by atoms with Crippen molar-refractivity contribution in [2.75, 3.05) is 19.6 Å². The second kappa shape index (κ2) is 7.38. The van der Waals surface area contributed by atoms with E-state index in [4.69, 9.17) is 5.26 Å². The minimum Gasteiger partial charge on any atom is -0.341 e. The fourth-order valence-electron chi connectivity index (χ4n) is 2.41. The zero-order valence-electron chi connectivity index (χ0n) is 12.3. The van der Waals surface area contributed by atoms with E-state index >= 15 is 0 Å². The van der Waals surface area contributed by atoms with Crippen molar-refractivity contribution in [1.82, 2.24) is 9.62 Å². The van der Waals surface area contributed by atoms with Crippen LogP contribution in [0.5, 0.6) is 0 Å². The normalized spacial score (nSPS) is 16.1. The summed E-state index contributed by atoms with van der Waals surface area (Å²) in [6.07, 6.45) is 3.44. The van der Waals surface area contributed by atoms with Gasteiger partial charge in [-0.25, -0.2) is 13.1 Å². The lowest BCUT2D eigenvalue weighted by molar-refractivity contribution is -0.130. The van der Waals surface area contributed by atoms with Crippen molar-refractivity contribution in [3.8, 4) is 6.07 Å². The quantitative estimate of drug-likeness (QED) is 0.883. The molecule has 6 nitrogen and oxygen atoms in total. The third-order valence-electron chi connectivity index (χ3n) is 3.62. The van der Waals surface area contributed by atoms with Crippen LogP contribution < -0.4 is 4.72 Å². The van der Waals surface area contributed by atoms with Gasteiger partial charge in [-0.05, 0) is 31.0 Å². The molecule has 1 N–H and O–H groups in total. The first-order valence-electron chi connectivity index (χ1n) is 7.30. The molecule has 118 valence electrons. The Kier molecular flexibility index (Phi) is 5.52. The molecule has 22 heavy (non-hydrogen) atoms. The number of nitrogens with zero attached hydrogens (tertiary/aromatic N) is 2. The highest BCUT2D eigenvalue weighted by Crippen LogP contribution is 2.12.